The van der Waals surface area contributed by atoms with Crippen LogP contribution in [0, 0.1) is 5.82 Å². The van der Waals surface area contributed by atoms with E-state index in [1.165, 1.54) is 6.07 Å². The van der Waals surface area contributed by atoms with E-state index in [0.717, 1.165) is 24.0 Å². The molecule has 0 saturated carbocycles. The van der Waals surface area contributed by atoms with E-state index in [1.807, 2.05) is 25.2 Å². The van der Waals surface area contributed by atoms with Crippen LogP contribution in [0.5, 0.6) is 0 Å². The molecule has 2 rings (SSSR count). The van der Waals surface area contributed by atoms with Crippen LogP contribution < -0.4 is 5.32 Å². The molecule has 1 N–H and O–H groups in total. The summed E-state index contributed by atoms with van der Waals surface area (Å²) in [5.41, 5.74) is 2.03. The molecule has 0 amide bonds. The summed E-state index contributed by atoms with van der Waals surface area (Å²) in [6.07, 6.45) is 1.51. The van der Waals surface area contributed by atoms with Crippen LogP contribution in [0.1, 0.15) is 11.1 Å². The summed E-state index contributed by atoms with van der Waals surface area (Å²) in [7, 11) is 1.90. The van der Waals surface area contributed by atoms with Crippen molar-refractivity contribution in [1.29, 1.82) is 0 Å². The van der Waals surface area contributed by atoms with Gasteiger partial charge in [0.1, 0.15) is 5.82 Å². The monoisotopic (exact) mass is 389 g/mol. The Balaban J connectivity index is 2.13. The van der Waals surface area contributed by atoms with Gasteiger partial charge < -0.3 is 5.32 Å². The van der Waals surface area contributed by atoms with Crippen molar-refractivity contribution < 1.29 is 4.39 Å². The van der Waals surface area contributed by atoms with Crippen molar-refractivity contribution in [3.05, 3.63) is 67.9 Å². The second kappa shape index (κ2) is 7.59. The lowest BCUT2D eigenvalue weighted by molar-refractivity contribution is 0.550. The van der Waals surface area contributed by atoms with Crippen LogP contribution in [0.3, 0.4) is 0 Å². The second-order valence-electron chi connectivity index (χ2n) is 4.86. The molecule has 1 atom stereocenters. The lowest BCUT2D eigenvalue weighted by Gasteiger charge is -2.17. The van der Waals surface area contributed by atoms with E-state index in [9.17, 15) is 4.39 Å². The first kappa shape index (κ1) is 16.8. The van der Waals surface area contributed by atoms with Gasteiger partial charge in [0.05, 0.1) is 14.5 Å². The molecule has 0 radical (unpaired) electrons. The fourth-order valence-electron chi connectivity index (χ4n) is 2.20. The summed E-state index contributed by atoms with van der Waals surface area (Å²) < 4.78 is 14.1. The topological polar surface area (TPSA) is 12.0 Å². The number of hydrogen-bond acceptors (Lipinski definition) is 1. The molecule has 0 heterocycles. The van der Waals surface area contributed by atoms with E-state index in [2.05, 4.69) is 21.2 Å². The molecule has 0 spiro atoms. The molecule has 5 heteroatoms. The summed E-state index contributed by atoms with van der Waals surface area (Å²) >= 11 is 15.3. The number of halogens is 4. The van der Waals surface area contributed by atoms with Gasteiger partial charge in [-0.25, -0.2) is 4.39 Å². The summed E-state index contributed by atoms with van der Waals surface area (Å²) in [6.45, 7) is 0. The van der Waals surface area contributed by atoms with Crippen LogP contribution in [0.15, 0.2) is 40.9 Å². The fraction of sp³-hybridized carbons (Fsp3) is 0.250. The first-order valence-corrected chi connectivity index (χ1v) is 8.10. The molecule has 0 aromatic heterocycles. The van der Waals surface area contributed by atoms with Crippen LogP contribution in [-0.2, 0) is 12.8 Å². The van der Waals surface area contributed by atoms with Crippen LogP contribution in [0.25, 0.3) is 0 Å². The Kier molecular flexibility index (Phi) is 6.06. The molecular weight excluding hydrogens is 376 g/mol. The minimum Gasteiger partial charge on any atom is -0.316 e. The molecule has 0 saturated heterocycles. The Morgan fingerprint density at radius 2 is 1.90 bits per heavy atom. The Morgan fingerprint density at radius 3 is 2.57 bits per heavy atom. The van der Waals surface area contributed by atoms with Gasteiger partial charge in [0.2, 0.25) is 0 Å². The minimum absolute atomic E-state index is 0.181. The van der Waals surface area contributed by atoms with E-state index < -0.39 is 0 Å². The van der Waals surface area contributed by atoms with Crippen LogP contribution >= 0.6 is 39.1 Å². The van der Waals surface area contributed by atoms with E-state index in [0.29, 0.717) is 14.5 Å². The summed E-state index contributed by atoms with van der Waals surface area (Å²) in [5, 5.41) is 4.36. The molecule has 0 aliphatic rings. The summed E-state index contributed by atoms with van der Waals surface area (Å²) in [5.74, 6) is -0.239. The van der Waals surface area contributed by atoms with Crippen molar-refractivity contribution in [2.24, 2.45) is 0 Å². The quantitative estimate of drug-likeness (QED) is 0.733. The lowest BCUT2D eigenvalue weighted by Crippen LogP contribution is -2.30. The molecule has 0 aliphatic carbocycles. The predicted octanol–water partition coefficient (Wildman–Crippen LogP) is 5.27. The molecule has 1 nitrogen and oxygen atoms in total. The average Bonchev–Trinajstić information content (AvgIpc) is 2.47. The van der Waals surface area contributed by atoms with Gasteiger partial charge in [-0.3, -0.25) is 0 Å². The first-order valence-electron chi connectivity index (χ1n) is 6.55. The standard InChI is InChI=1S/C16H15BrCl2FN/c1-21-12(7-10-5-6-13(18)14(19)8-10)9-11-3-2-4-15(20)16(11)17/h2-6,8,12,21H,7,9H2,1H3. The Bertz CT molecular complexity index is 634. The van der Waals surface area contributed by atoms with E-state index in [4.69, 9.17) is 23.2 Å². The van der Waals surface area contributed by atoms with Gasteiger partial charge in [-0.05, 0) is 65.1 Å². The SMILES string of the molecule is CNC(Cc1ccc(Cl)c(Cl)c1)Cc1cccc(F)c1Br. The highest BCUT2D eigenvalue weighted by molar-refractivity contribution is 9.10. The van der Waals surface area contributed by atoms with Crippen molar-refractivity contribution in [3.8, 4) is 0 Å². The molecule has 112 valence electrons. The highest BCUT2D eigenvalue weighted by atomic mass is 79.9. The van der Waals surface area contributed by atoms with Gasteiger partial charge >= 0.3 is 0 Å². The third kappa shape index (κ3) is 4.43. The third-order valence-electron chi connectivity index (χ3n) is 3.37. The van der Waals surface area contributed by atoms with E-state index in [-0.39, 0.29) is 11.9 Å². The summed E-state index contributed by atoms with van der Waals surface area (Å²) in [6, 6.07) is 10.9. The average molecular weight is 391 g/mol. The Morgan fingerprint density at radius 1 is 1.14 bits per heavy atom. The van der Waals surface area contributed by atoms with Crippen LogP contribution in [0.4, 0.5) is 4.39 Å². The highest BCUT2D eigenvalue weighted by Gasteiger charge is 2.13. The maximum atomic E-state index is 13.6. The predicted molar refractivity (Wildman–Crippen MR) is 90.8 cm³/mol. The molecule has 0 bridgehead atoms. The largest absolute Gasteiger partial charge is 0.316 e. The zero-order chi connectivity index (χ0) is 15.4. The van der Waals surface area contributed by atoms with Crippen molar-refractivity contribution in [2.45, 2.75) is 18.9 Å². The Hall–Kier alpha value is -0.610. The zero-order valence-corrected chi connectivity index (χ0v) is 14.6. The number of rotatable bonds is 5. The van der Waals surface area contributed by atoms with Gasteiger partial charge in [0.25, 0.3) is 0 Å². The van der Waals surface area contributed by atoms with Crippen molar-refractivity contribution in [2.75, 3.05) is 7.05 Å². The van der Waals surface area contributed by atoms with Gasteiger partial charge in [0, 0.05) is 6.04 Å². The second-order valence-corrected chi connectivity index (χ2v) is 6.46. The maximum Gasteiger partial charge on any atom is 0.137 e. The number of hydrogen-bond donors (Lipinski definition) is 1. The third-order valence-corrected chi connectivity index (χ3v) is 5.00. The minimum atomic E-state index is -0.239. The fourth-order valence-corrected chi connectivity index (χ4v) is 2.95. The first-order chi connectivity index (χ1) is 10.0. The number of nitrogens with one attached hydrogen (secondary N) is 1. The molecule has 2 aromatic carbocycles. The molecule has 1 unspecified atom stereocenters. The molecule has 0 aliphatic heterocycles. The summed E-state index contributed by atoms with van der Waals surface area (Å²) in [4.78, 5) is 0. The van der Waals surface area contributed by atoms with E-state index >= 15 is 0 Å². The van der Waals surface area contributed by atoms with Crippen molar-refractivity contribution in [3.63, 3.8) is 0 Å². The highest BCUT2D eigenvalue weighted by Crippen LogP contribution is 2.25. The van der Waals surface area contributed by atoms with E-state index in [1.54, 1.807) is 12.1 Å². The zero-order valence-electron chi connectivity index (χ0n) is 11.5. The van der Waals surface area contributed by atoms with Gasteiger partial charge in [-0.1, -0.05) is 41.4 Å². The van der Waals surface area contributed by atoms with Gasteiger partial charge in [-0.2, -0.15) is 0 Å². The van der Waals surface area contributed by atoms with Crippen molar-refractivity contribution in [1.82, 2.24) is 5.32 Å². The number of benzene rings is 2. The van der Waals surface area contributed by atoms with Crippen LogP contribution in [0.2, 0.25) is 10.0 Å². The van der Waals surface area contributed by atoms with Crippen molar-refractivity contribution >= 4 is 39.1 Å². The number of likely N-dealkylation sites (N-methyl/N-ethyl adjacent to an activating group) is 1. The smallest absolute Gasteiger partial charge is 0.137 e. The molecule has 0 fully saturated rings. The molecular formula is C16H15BrCl2FN. The van der Waals surface area contributed by atoms with Gasteiger partial charge in [0.15, 0.2) is 0 Å². The van der Waals surface area contributed by atoms with Crippen LogP contribution in [-0.4, -0.2) is 13.1 Å². The maximum absolute atomic E-state index is 13.6. The molecule has 21 heavy (non-hydrogen) atoms. The lowest BCUT2D eigenvalue weighted by atomic mass is 9.99. The normalized spacial score (nSPS) is 12.4. The molecule has 2 aromatic rings. The van der Waals surface area contributed by atoms with Gasteiger partial charge in [-0.15, -0.1) is 0 Å². The Labute approximate surface area is 142 Å².